The summed E-state index contributed by atoms with van der Waals surface area (Å²) in [6, 6.07) is 6.30. The third-order valence-electron chi connectivity index (χ3n) is 4.33. The van der Waals surface area contributed by atoms with Crippen molar-refractivity contribution in [3.8, 4) is 11.4 Å². The van der Waals surface area contributed by atoms with Crippen LogP contribution in [0.15, 0.2) is 34.2 Å². The number of aryl methyl sites for hydroxylation is 1. The number of thioether (sulfide) groups is 1. The molecule has 3 heterocycles. The van der Waals surface area contributed by atoms with Crippen LogP contribution < -0.4 is 5.56 Å². The van der Waals surface area contributed by atoms with Gasteiger partial charge in [-0.05, 0) is 24.6 Å². The molecule has 8 nitrogen and oxygen atoms in total. The number of nitrogens with zero attached hydrogens (tertiary/aromatic N) is 4. The van der Waals surface area contributed by atoms with Crippen LogP contribution in [0.5, 0.6) is 0 Å². The smallest absolute Gasteiger partial charge is 0.346 e. The van der Waals surface area contributed by atoms with Gasteiger partial charge in [0.05, 0.1) is 16.7 Å². The maximum Gasteiger partial charge on any atom is 0.346 e. The van der Waals surface area contributed by atoms with Crippen LogP contribution >= 0.6 is 23.1 Å². The predicted molar refractivity (Wildman–Crippen MR) is 108 cm³/mol. The normalized spacial score (nSPS) is 11.3. The number of halogens is 1. The van der Waals surface area contributed by atoms with Gasteiger partial charge in [-0.1, -0.05) is 23.9 Å². The number of H-pyrrole nitrogens is 1. The maximum absolute atomic E-state index is 14.0. The average molecular weight is 431 g/mol. The Hall–Kier alpha value is -3.05. The summed E-state index contributed by atoms with van der Waals surface area (Å²) in [5.41, 5.74) is 0.378. The maximum atomic E-state index is 14.0. The van der Waals surface area contributed by atoms with E-state index in [1.54, 1.807) is 36.7 Å². The summed E-state index contributed by atoms with van der Waals surface area (Å²) in [6.07, 6.45) is 0. The van der Waals surface area contributed by atoms with E-state index < -0.39 is 11.8 Å². The van der Waals surface area contributed by atoms with Crippen molar-refractivity contribution in [3.63, 3.8) is 0 Å². The third kappa shape index (κ3) is 3.42. The number of hydrogen-bond acceptors (Lipinski definition) is 7. The van der Waals surface area contributed by atoms with Crippen molar-refractivity contribution in [2.45, 2.75) is 17.8 Å². The topological polar surface area (TPSA) is 114 Å². The summed E-state index contributed by atoms with van der Waals surface area (Å²) < 4.78 is 15.7. The molecule has 0 unspecified atom stereocenters. The lowest BCUT2D eigenvalue weighted by molar-refractivity contribution is 0.0701. The number of carbonyl (C=O) groups is 1. The first kappa shape index (κ1) is 19.3. The number of fused-ring (bicyclic) bond motifs is 1. The van der Waals surface area contributed by atoms with Gasteiger partial charge in [0.25, 0.3) is 5.56 Å². The Bertz CT molecular complexity index is 1310. The largest absolute Gasteiger partial charge is 0.477 e. The lowest BCUT2D eigenvalue weighted by Crippen LogP contribution is -2.11. The lowest BCUT2D eigenvalue weighted by Gasteiger charge is -2.05. The Kier molecular flexibility index (Phi) is 4.92. The van der Waals surface area contributed by atoms with E-state index in [2.05, 4.69) is 20.2 Å². The molecule has 4 rings (SSSR count). The summed E-state index contributed by atoms with van der Waals surface area (Å²) in [4.78, 5) is 31.3. The number of hydrogen-bond donors (Lipinski definition) is 2. The number of rotatable bonds is 5. The van der Waals surface area contributed by atoms with Crippen molar-refractivity contribution < 1.29 is 14.3 Å². The van der Waals surface area contributed by atoms with Crippen molar-refractivity contribution in [1.29, 1.82) is 0 Å². The standard InChI is InChI=1S/C18H14FN5O3S2/c1-8-12-15(25)20-11(21-16(12)29-13(8)17(26)27)7-28-18-23-22-14(24(18)2)9-5-3-4-6-10(9)19/h3-6H,7H2,1-2H3,(H,26,27)(H,20,21,25). The van der Waals surface area contributed by atoms with Crippen LogP contribution in [0.1, 0.15) is 21.1 Å². The number of aromatic carboxylic acids is 1. The van der Waals surface area contributed by atoms with E-state index in [-0.39, 0.29) is 16.2 Å². The minimum absolute atomic E-state index is 0.102. The molecule has 1 aromatic carbocycles. The molecule has 0 atom stereocenters. The first-order chi connectivity index (χ1) is 13.9. The van der Waals surface area contributed by atoms with Gasteiger partial charge in [0.1, 0.15) is 21.3 Å². The summed E-state index contributed by atoms with van der Waals surface area (Å²) in [5.74, 6) is -0.407. The van der Waals surface area contributed by atoms with Crippen molar-refractivity contribution in [1.82, 2.24) is 24.7 Å². The summed E-state index contributed by atoms with van der Waals surface area (Å²) in [6.45, 7) is 1.59. The molecule has 3 aromatic heterocycles. The first-order valence-electron chi connectivity index (χ1n) is 8.39. The second-order valence-electron chi connectivity index (χ2n) is 6.19. The molecule has 0 spiro atoms. The van der Waals surface area contributed by atoms with Crippen molar-refractivity contribution in [2.24, 2.45) is 7.05 Å². The molecule has 0 radical (unpaired) electrons. The molecule has 0 saturated carbocycles. The second-order valence-corrected chi connectivity index (χ2v) is 8.13. The minimum atomic E-state index is -1.08. The Morgan fingerprint density at radius 1 is 1.34 bits per heavy atom. The molecular weight excluding hydrogens is 417 g/mol. The molecule has 11 heteroatoms. The van der Waals surface area contributed by atoms with Crippen LogP contribution in [0.2, 0.25) is 0 Å². The molecule has 148 valence electrons. The fourth-order valence-electron chi connectivity index (χ4n) is 2.91. The van der Waals surface area contributed by atoms with E-state index in [0.29, 0.717) is 38.1 Å². The van der Waals surface area contributed by atoms with Crippen molar-refractivity contribution in [2.75, 3.05) is 0 Å². The van der Waals surface area contributed by atoms with Gasteiger partial charge in [-0.15, -0.1) is 21.5 Å². The first-order valence-corrected chi connectivity index (χ1v) is 10.2. The van der Waals surface area contributed by atoms with Gasteiger partial charge in [-0.25, -0.2) is 14.2 Å². The SMILES string of the molecule is Cc1c(C(=O)O)sc2nc(CSc3nnc(-c4ccccc4F)n3C)[nH]c(=O)c12. The summed E-state index contributed by atoms with van der Waals surface area (Å²) >= 11 is 2.25. The zero-order valence-corrected chi connectivity index (χ0v) is 16.9. The molecule has 4 aromatic rings. The van der Waals surface area contributed by atoms with Gasteiger partial charge in [-0.2, -0.15) is 0 Å². The molecular formula is C18H14FN5O3S2. The van der Waals surface area contributed by atoms with Gasteiger partial charge in [0.15, 0.2) is 11.0 Å². The van der Waals surface area contributed by atoms with E-state index in [1.165, 1.54) is 17.8 Å². The lowest BCUT2D eigenvalue weighted by atomic mass is 10.2. The van der Waals surface area contributed by atoms with E-state index in [1.807, 2.05) is 0 Å². The van der Waals surface area contributed by atoms with Gasteiger partial charge < -0.3 is 14.7 Å². The number of carboxylic acids is 1. The highest BCUT2D eigenvalue weighted by molar-refractivity contribution is 7.98. The van der Waals surface area contributed by atoms with Crippen LogP contribution in [-0.2, 0) is 12.8 Å². The van der Waals surface area contributed by atoms with Gasteiger partial charge in [-0.3, -0.25) is 4.79 Å². The average Bonchev–Trinajstić information content (AvgIpc) is 3.21. The number of benzene rings is 1. The number of aromatic nitrogens is 5. The molecule has 2 N–H and O–H groups in total. The molecule has 29 heavy (non-hydrogen) atoms. The van der Waals surface area contributed by atoms with E-state index >= 15 is 0 Å². The number of thiophene rings is 1. The molecule has 0 fully saturated rings. The summed E-state index contributed by atoms with van der Waals surface area (Å²) in [5, 5.41) is 18.2. The second kappa shape index (κ2) is 7.41. The highest BCUT2D eigenvalue weighted by Gasteiger charge is 2.19. The Morgan fingerprint density at radius 2 is 2.10 bits per heavy atom. The summed E-state index contributed by atoms with van der Waals surface area (Å²) in [7, 11) is 1.73. The Labute approximate surface area is 171 Å². The minimum Gasteiger partial charge on any atom is -0.477 e. The number of nitrogens with one attached hydrogen (secondary N) is 1. The quantitative estimate of drug-likeness (QED) is 0.466. The van der Waals surface area contributed by atoms with E-state index in [4.69, 9.17) is 0 Å². The van der Waals surface area contributed by atoms with Gasteiger partial charge in [0, 0.05) is 7.05 Å². The van der Waals surface area contributed by atoms with E-state index in [9.17, 15) is 19.1 Å². The molecule has 0 aliphatic carbocycles. The van der Waals surface area contributed by atoms with Crippen LogP contribution in [0, 0.1) is 12.7 Å². The predicted octanol–water partition coefficient (Wildman–Crippen LogP) is 3.22. The molecule has 0 aliphatic rings. The molecule has 0 saturated heterocycles. The van der Waals surface area contributed by atoms with Gasteiger partial charge in [0.2, 0.25) is 0 Å². The fourth-order valence-corrected chi connectivity index (χ4v) is 4.73. The molecule has 0 aliphatic heterocycles. The highest BCUT2D eigenvalue weighted by atomic mass is 32.2. The molecule has 0 bridgehead atoms. The zero-order chi connectivity index (χ0) is 20.7. The highest BCUT2D eigenvalue weighted by Crippen LogP contribution is 2.29. The number of carboxylic acid groups (broad SMARTS) is 1. The molecule has 0 amide bonds. The van der Waals surface area contributed by atoms with Gasteiger partial charge >= 0.3 is 5.97 Å². The zero-order valence-electron chi connectivity index (χ0n) is 15.3. The van der Waals surface area contributed by atoms with Crippen LogP contribution in [0.4, 0.5) is 4.39 Å². The monoisotopic (exact) mass is 431 g/mol. The van der Waals surface area contributed by atoms with Crippen molar-refractivity contribution >= 4 is 39.3 Å². The Balaban J connectivity index is 1.62. The van der Waals surface area contributed by atoms with Crippen LogP contribution in [-0.4, -0.2) is 35.8 Å². The van der Waals surface area contributed by atoms with E-state index in [0.717, 1.165) is 11.3 Å². The third-order valence-corrected chi connectivity index (χ3v) is 6.54. The fraction of sp³-hybridized carbons (Fsp3) is 0.167. The van der Waals surface area contributed by atoms with Crippen LogP contribution in [0.25, 0.3) is 21.6 Å². The van der Waals surface area contributed by atoms with Crippen LogP contribution in [0.3, 0.4) is 0 Å². The van der Waals surface area contributed by atoms with Crippen molar-refractivity contribution in [3.05, 3.63) is 56.7 Å². The number of aromatic amines is 1. The Morgan fingerprint density at radius 3 is 2.83 bits per heavy atom.